The molecule has 2 aromatic heterocycles. The molecular formula is C19H10F8N4O3S2. The Kier molecular flexibility index (Phi) is 7.02. The first-order valence-corrected chi connectivity index (χ1v) is 10.9. The molecule has 2 N–H and O–H groups in total. The lowest BCUT2D eigenvalue weighted by Gasteiger charge is -2.28. The van der Waals surface area contributed by atoms with Crippen molar-refractivity contribution < 1.29 is 44.8 Å². The topological polar surface area (TPSA) is 112 Å². The number of pyridine rings is 1. The summed E-state index contributed by atoms with van der Waals surface area (Å²) in [5, 5.41) is 12.9. The van der Waals surface area contributed by atoms with Crippen molar-refractivity contribution in [1.82, 2.24) is 9.97 Å². The van der Waals surface area contributed by atoms with E-state index in [4.69, 9.17) is 5.73 Å². The summed E-state index contributed by atoms with van der Waals surface area (Å²) in [6, 6.07) is 1.18. The van der Waals surface area contributed by atoms with Crippen LogP contribution in [0.2, 0.25) is 0 Å². The zero-order valence-electron chi connectivity index (χ0n) is 17.4. The molecule has 0 radical (unpaired) electrons. The number of halogens is 8. The number of nitrogens with two attached hydrogens (primary N) is 1. The Hall–Kier alpha value is -3.34. The molecular weight excluding hydrogens is 548 g/mol. The Labute approximate surface area is 203 Å². The second kappa shape index (κ2) is 9.27. The van der Waals surface area contributed by atoms with Gasteiger partial charge in [-0.2, -0.15) is 30.7 Å². The lowest BCUT2D eigenvalue weighted by molar-refractivity contribution is -0.384. The van der Waals surface area contributed by atoms with Gasteiger partial charge in [0.2, 0.25) is 5.91 Å². The van der Waals surface area contributed by atoms with Crippen LogP contribution in [0.15, 0.2) is 39.0 Å². The van der Waals surface area contributed by atoms with E-state index >= 15 is 0 Å². The average molecular weight is 558 g/mol. The van der Waals surface area contributed by atoms with Gasteiger partial charge >= 0.3 is 18.0 Å². The van der Waals surface area contributed by atoms with E-state index in [1.165, 1.54) is 0 Å². The van der Waals surface area contributed by atoms with Gasteiger partial charge in [0.1, 0.15) is 11.5 Å². The van der Waals surface area contributed by atoms with Gasteiger partial charge in [-0.15, -0.1) is 11.3 Å². The number of hydrogen-bond acceptors (Lipinski definition) is 7. The molecule has 0 saturated heterocycles. The number of non-ortho nitro benzene ring substituents is 1. The number of rotatable bonds is 7. The second-order valence-electron chi connectivity index (χ2n) is 7.05. The number of aromatic nitrogens is 2. The summed E-state index contributed by atoms with van der Waals surface area (Å²) in [5.41, 5.74) is 0.951. The minimum Gasteiger partial charge on any atom is -0.366 e. The summed E-state index contributed by atoms with van der Waals surface area (Å²) in [6.07, 6.45) is -6.79. The predicted octanol–water partition coefficient (Wildman–Crippen LogP) is 6.10. The van der Waals surface area contributed by atoms with E-state index in [1.54, 1.807) is 12.3 Å². The summed E-state index contributed by atoms with van der Waals surface area (Å²) in [6.45, 7) is 1.61. The smallest absolute Gasteiger partial charge is 0.366 e. The van der Waals surface area contributed by atoms with Gasteiger partial charge < -0.3 is 5.73 Å². The maximum atomic E-state index is 14.9. The molecule has 3 aromatic rings. The van der Waals surface area contributed by atoms with Crippen LogP contribution in [0.3, 0.4) is 0 Å². The minimum atomic E-state index is -6.67. The zero-order chi connectivity index (χ0) is 27.2. The third-order valence-electron chi connectivity index (χ3n) is 4.55. The maximum absolute atomic E-state index is 14.9. The molecule has 2 heterocycles. The first kappa shape index (κ1) is 27.3. The number of nitro groups is 1. The fourth-order valence-electron chi connectivity index (χ4n) is 2.82. The number of primary amides is 1. The van der Waals surface area contributed by atoms with Gasteiger partial charge in [0, 0.05) is 45.4 Å². The van der Waals surface area contributed by atoms with Gasteiger partial charge in [0.05, 0.1) is 10.5 Å². The summed E-state index contributed by atoms with van der Waals surface area (Å²) in [5.74, 6) is -15.5. The largest absolute Gasteiger partial charge is 0.460 e. The van der Waals surface area contributed by atoms with Crippen molar-refractivity contribution in [1.29, 1.82) is 0 Å². The Bertz CT molecular complexity index is 1360. The van der Waals surface area contributed by atoms with Gasteiger partial charge in [-0.3, -0.25) is 19.9 Å². The highest BCUT2D eigenvalue weighted by Gasteiger charge is 2.73. The molecule has 0 fully saturated rings. The summed E-state index contributed by atoms with van der Waals surface area (Å²) >= 11 is 1.75. The highest BCUT2D eigenvalue weighted by Crippen LogP contribution is 2.52. The fraction of sp³-hybridized carbons (Fsp3) is 0.211. The van der Waals surface area contributed by atoms with Gasteiger partial charge in [0.25, 0.3) is 5.69 Å². The molecule has 0 unspecified atom stereocenters. The van der Waals surface area contributed by atoms with E-state index in [0.717, 1.165) is 17.4 Å². The van der Waals surface area contributed by atoms with Crippen LogP contribution in [0.5, 0.6) is 0 Å². The van der Waals surface area contributed by atoms with Gasteiger partial charge in [-0.05, 0) is 13.0 Å². The van der Waals surface area contributed by atoms with Crippen molar-refractivity contribution in [3.8, 4) is 11.3 Å². The number of carbonyl (C=O) groups is 1. The number of thiazole rings is 1. The van der Waals surface area contributed by atoms with E-state index in [2.05, 4.69) is 9.97 Å². The third kappa shape index (κ3) is 4.84. The number of nitro benzene ring substituents is 1. The molecule has 3 rings (SSSR count). The fourth-order valence-corrected chi connectivity index (χ4v) is 4.83. The SMILES string of the molecule is Cc1csc(Sc2c(C(N)=O)cc([N+](=O)[O-])cc2-c2ncc(C(F)(F)C(F)(F)C(F)(F)F)cc2F)n1. The van der Waals surface area contributed by atoms with Crippen LogP contribution in [0.4, 0.5) is 40.8 Å². The van der Waals surface area contributed by atoms with Gasteiger partial charge in [-0.25, -0.2) is 9.37 Å². The van der Waals surface area contributed by atoms with Crippen molar-refractivity contribution in [2.75, 3.05) is 0 Å². The van der Waals surface area contributed by atoms with E-state index in [-0.39, 0.29) is 21.5 Å². The Morgan fingerprint density at radius 2 is 1.78 bits per heavy atom. The highest BCUT2D eigenvalue weighted by molar-refractivity contribution is 8.01. The third-order valence-corrected chi connectivity index (χ3v) is 6.75. The summed E-state index contributed by atoms with van der Waals surface area (Å²) in [4.78, 5) is 29.5. The number of alkyl halides is 7. The molecule has 0 aliphatic rings. The zero-order valence-corrected chi connectivity index (χ0v) is 19.0. The van der Waals surface area contributed by atoms with Crippen molar-refractivity contribution in [2.24, 2.45) is 5.73 Å². The number of aryl methyl sites for hydroxylation is 1. The maximum Gasteiger partial charge on any atom is 0.460 e. The van der Waals surface area contributed by atoms with Crippen LogP contribution in [0, 0.1) is 22.9 Å². The molecule has 7 nitrogen and oxygen atoms in total. The van der Waals surface area contributed by atoms with Crippen LogP contribution in [0.1, 0.15) is 21.6 Å². The first-order chi connectivity index (χ1) is 16.5. The standard InChI is InChI=1S/C19H10F8N4O3S2/c1-7-6-35-16(30-7)36-14-10(3-9(31(33)34)4-11(14)15(28)32)13-12(20)2-8(5-29-13)17(21,22)18(23,24)19(25,26)27/h2-6H,1H3,(H2,28,32). The Morgan fingerprint density at radius 3 is 2.25 bits per heavy atom. The number of nitrogens with zero attached hydrogens (tertiary/aromatic N) is 3. The van der Waals surface area contributed by atoms with E-state index in [0.29, 0.717) is 23.5 Å². The molecule has 0 spiro atoms. The Morgan fingerprint density at radius 1 is 1.14 bits per heavy atom. The highest BCUT2D eigenvalue weighted by atomic mass is 32.2. The molecule has 0 aliphatic carbocycles. The normalized spacial score (nSPS) is 12.6. The van der Waals surface area contributed by atoms with Crippen LogP contribution >= 0.6 is 23.1 Å². The molecule has 0 aliphatic heterocycles. The number of amides is 1. The minimum absolute atomic E-state index is 0.122. The van der Waals surface area contributed by atoms with Crippen LogP contribution in [-0.2, 0) is 5.92 Å². The van der Waals surface area contributed by atoms with Gasteiger partial charge in [-0.1, -0.05) is 11.8 Å². The first-order valence-electron chi connectivity index (χ1n) is 9.18. The van der Waals surface area contributed by atoms with Crippen molar-refractivity contribution in [3.05, 3.63) is 62.5 Å². The van der Waals surface area contributed by atoms with Crippen LogP contribution < -0.4 is 5.73 Å². The van der Waals surface area contributed by atoms with E-state index in [9.17, 15) is 50.0 Å². The molecule has 0 saturated carbocycles. The van der Waals surface area contributed by atoms with Gasteiger partial charge in [0.15, 0.2) is 4.34 Å². The molecule has 36 heavy (non-hydrogen) atoms. The quantitative estimate of drug-likeness (QED) is 0.213. The molecule has 0 atom stereocenters. The van der Waals surface area contributed by atoms with E-state index in [1.807, 2.05) is 0 Å². The second-order valence-corrected chi connectivity index (χ2v) is 9.16. The molecule has 17 heteroatoms. The van der Waals surface area contributed by atoms with Crippen molar-refractivity contribution in [3.63, 3.8) is 0 Å². The lowest BCUT2D eigenvalue weighted by Crippen LogP contribution is -2.50. The van der Waals surface area contributed by atoms with Crippen LogP contribution in [0.25, 0.3) is 11.3 Å². The average Bonchev–Trinajstić information content (AvgIpc) is 3.17. The predicted molar refractivity (Wildman–Crippen MR) is 111 cm³/mol. The van der Waals surface area contributed by atoms with Crippen molar-refractivity contribution >= 4 is 34.7 Å². The van der Waals surface area contributed by atoms with E-state index < -0.39 is 62.7 Å². The monoisotopic (exact) mass is 558 g/mol. The number of benzene rings is 1. The van der Waals surface area contributed by atoms with Crippen molar-refractivity contribution in [2.45, 2.75) is 34.2 Å². The summed E-state index contributed by atoms with van der Waals surface area (Å²) < 4.78 is 107. The molecule has 0 bridgehead atoms. The van der Waals surface area contributed by atoms with Crippen LogP contribution in [-0.4, -0.2) is 32.9 Å². The lowest BCUT2D eigenvalue weighted by atomic mass is 10.0. The molecule has 1 amide bonds. The molecule has 1 aromatic carbocycles. The number of carbonyl (C=O) groups excluding carboxylic acids is 1. The number of hydrogen-bond donors (Lipinski definition) is 1. The summed E-state index contributed by atoms with van der Waals surface area (Å²) in [7, 11) is 0. The Balaban J connectivity index is 2.25. The molecule has 192 valence electrons.